The van der Waals surface area contributed by atoms with Crippen molar-refractivity contribution in [3.63, 3.8) is 0 Å². The maximum Gasteiger partial charge on any atom is 0.207 e. The Balaban J connectivity index is 1.18. The number of aromatic nitrogens is 2. The Bertz CT molecular complexity index is 1660. The van der Waals surface area contributed by atoms with Gasteiger partial charge in [-0.15, -0.1) is 0 Å². The van der Waals surface area contributed by atoms with E-state index in [2.05, 4.69) is 31.9 Å². The van der Waals surface area contributed by atoms with Crippen LogP contribution in [0.3, 0.4) is 0 Å². The van der Waals surface area contributed by atoms with Crippen molar-refractivity contribution >= 4 is 33.9 Å². The van der Waals surface area contributed by atoms with Gasteiger partial charge in [0.25, 0.3) is 0 Å². The lowest BCUT2D eigenvalue weighted by Crippen LogP contribution is -2.59. The van der Waals surface area contributed by atoms with E-state index in [-0.39, 0.29) is 23.4 Å². The summed E-state index contributed by atoms with van der Waals surface area (Å²) in [5, 5.41) is 17.0. The second kappa shape index (κ2) is 9.45. The van der Waals surface area contributed by atoms with Gasteiger partial charge >= 0.3 is 0 Å². The van der Waals surface area contributed by atoms with Gasteiger partial charge in [0.05, 0.1) is 41.1 Å². The van der Waals surface area contributed by atoms with Gasteiger partial charge in [0, 0.05) is 42.2 Å². The van der Waals surface area contributed by atoms with Crippen LogP contribution in [0.2, 0.25) is 5.02 Å². The fourth-order valence-electron chi connectivity index (χ4n) is 8.71. The van der Waals surface area contributed by atoms with Crippen LogP contribution in [-0.2, 0) is 11.3 Å². The number of benzene rings is 2. The number of nitrogens with zero attached hydrogens (tertiary/aromatic N) is 5. The van der Waals surface area contributed by atoms with Crippen LogP contribution < -0.4 is 15.1 Å². The van der Waals surface area contributed by atoms with E-state index in [0.717, 1.165) is 72.4 Å². The van der Waals surface area contributed by atoms with Crippen LogP contribution in [-0.4, -0.2) is 76.4 Å². The van der Waals surface area contributed by atoms with Crippen LogP contribution >= 0.6 is 11.6 Å². The Hall–Kier alpha value is -3.09. The zero-order chi connectivity index (χ0) is 28.0. The van der Waals surface area contributed by atoms with Crippen LogP contribution in [0.15, 0.2) is 30.3 Å². The van der Waals surface area contributed by atoms with Crippen molar-refractivity contribution in [3.8, 4) is 17.6 Å². The number of fused-ring (bicyclic) bond motifs is 7. The number of halogens is 1. The molecule has 4 unspecified atom stereocenters. The zero-order valence-electron chi connectivity index (χ0n) is 23.7. The Morgan fingerprint density at radius 2 is 1.98 bits per heavy atom. The lowest BCUT2D eigenvalue weighted by Gasteiger charge is -2.41. The Kier molecular flexibility index (Phi) is 5.72. The van der Waals surface area contributed by atoms with Gasteiger partial charge in [-0.3, -0.25) is 4.90 Å². The quantitative estimate of drug-likeness (QED) is 0.410. The molecule has 0 spiro atoms. The zero-order valence-corrected chi connectivity index (χ0v) is 24.4. The number of aromatic hydroxyl groups is 1. The molecule has 6 aliphatic heterocycles. The molecule has 0 radical (unpaired) electrons. The lowest BCUT2D eigenvalue weighted by atomic mass is 9.95. The van der Waals surface area contributed by atoms with Crippen LogP contribution in [0.4, 0.5) is 11.5 Å². The van der Waals surface area contributed by atoms with Gasteiger partial charge in [-0.25, -0.2) is 9.97 Å². The molecule has 4 fully saturated rings. The Morgan fingerprint density at radius 1 is 1.10 bits per heavy atom. The third kappa shape index (κ3) is 3.87. The standard InChI is InChI=1S/C33H35ClN6O2/c34-23-5-1-4-20-14-22(41)15-26(30(20)23)38-17-25-31-28(18-38)42-19-27-24-7-6-21(35-24)16-40(27)32(31)37-29(36-25)8-11-33-9-2-12-39(33)13-3-10-33/h1,4-5,14-15,21,24,27-28,35,41H,2-3,6-7,9-10,12-13,16-19H2. The summed E-state index contributed by atoms with van der Waals surface area (Å²) in [6, 6.07) is 10.5. The predicted molar refractivity (Wildman–Crippen MR) is 163 cm³/mol. The van der Waals surface area contributed by atoms with Crippen LogP contribution in [0.5, 0.6) is 5.75 Å². The van der Waals surface area contributed by atoms with Gasteiger partial charge in [0.1, 0.15) is 17.7 Å². The van der Waals surface area contributed by atoms with E-state index in [1.54, 1.807) is 6.07 Å². The largest absolute Gasteiger partial charge is 0.508 e. The topological polar surface area (TPSA) is 77.0 Å². The van der Waals surface area contributed by atoms with Crippen molar-refractivity contribution in [2.45, 2.75) is 74.8 Å². The first-order valence-electron chi connectivity index (χ1n) is 15.5. The minimum atomic E-state index is -0.187. The van der Waals surface area contributed by atoms with Gasteiger partial charge in [0.2, 0.25) is 5.82 Å². The number of phenols is 1. The van der Waals surface area contributed by atoms with Crippen molar-refractivity contribution in [2.24, 2.45) is 0 Å². The van der Waals surface area contributed by atoms with Crippen molar-refractivity contribution in [1.29, 1.82) is 0 Å². The van der Waals surface area contributed by atoms with Gasteiger partial charge in [-0.05, 0) is 75.1 Å². The molecule has 216 valence electrons. The van der Waals surface area contributed by atoms with E-state index in [0.29, 0.717) is 42.6 Å². The van der Waals surface area contributed by atoms with Gasteiger partial charge in [0.15, 0.2) is 0 Å². The number of hydrogen-bond acceptors (Lipinski definition) is 8. The molecule has 42 heavy (non-hydrogen) atoms. The first-order valence-corrected chi connectivity index (χ1v) is 15.9. The average Bonchev–Trinajstić information content (AvgIpc) is 3.66. The summed E-state index contributed by atoms with van der Waals surface area (Å²) in [7, 11) is 0. The molecule has 0 saturated carbocycles. The molecule has 7 heterocycles. The monoisotopic (exact) mass is 582 g/mol. The van der Waals surface area contributed by atoms with Crippen LogP contribution in [0.1, 0.15) is 61.7 Å². The van der Waals surface area contributed by atoms with Gasteiger partial charge in [-0.1, -0.05) is 29.7 Å². The molecule has 6 aliphatic rings. The number of rotatable bonds is 1. The summed E-state index contributed by atoms with van der Waals surface area (Å²) in [6.07, 6.45) is 6.87. The highest BCUT2D eigenvalue weighted by Crippen LogP contribution is 2.45. The summed E-state index contributed by atoms with van der Waals surface area (Å²) in [5.41, 5.74) is 2.95. The number of piperazine rings is 1. The van der Waals surface area contributed by atoms with Gasteiger partial charge in [-0.2, -0.15) is 0 Å². The number of anilines is 2. The lowest BCUT2D eigenvalue weighted by molar-refractivity contribution is 0.0415. The summed E-state index contributed by atoms with van der Waals surface area (Å²) < 4.78 is 6.75. The maximum absolute atomic E-state index is 10.7. The first kappa shape index (κ1) is 25.4. The number of phenolic OH excluding ortho intramolecular Hbond substituents is 1. The molecule has 4 saturated heterocycles. The van der Waals surface area contributed by atoms with Crippen molar-refractivity contribution in [1.82, 2.24) is 20.2 Å². The second-order valence-electron chi connectivity index (χ2n) is 13.0. The first-order chi connectivity index (χ1) is 20.5. The van der Waals surface area contributed by atoms with E-state index >= 15 is 0 Å². The number of hydrogen-bond donors (Lipinski definition) is 2. The molecule has 4 atom stereocenters. The van der Waals surface area contributed by atoms with E-state index in [1.165, 1.54) is 19.3 Å². The molecule has 0 aliphatic carbocycles. The summed E-state index contributed by atoms with van der Waals surface area (Å²) >= 11 is 6.76. The summed E-state index contributed by atoms with van der Waals surface area (Å²) in [4.78, 5) is 17.7. The smallest absolute Gasteiger partial charge is 0.207 e. The molecular formula is C33H35ClN6O2. The van der Waals surface area contributed by atoms with E-state index < -0.39 is 0 Å². The van der Waals surface area contributed by atoms with E-state index in [1.807, 2.05) is 24.3 Å². The molecule has 0 amide bonds. The van der Waals surface area contributed by atoms with Gasteiger partial charge < -0.3 is 25.0 Å². The third-order valence-corrected chi connectivity index (χ3v) is 10.9. The third-order valence-electron chi connectivity index (χ3n) is 10.6. The highest BCUT2D eigenvalue weighted by molar-refractivity contribution is 6.36. The van der Waals surface area contributed by atoms with E-state index in [9.17, 15) is 5.11 Å². The predicted octanol–water partition coefficient (Wildman–Crippen LogP) is 4.37. The normalized spacial score (nSPS) is 29.1. The molecule has 9 rings (SSSR count). The van der Waals surface area contributed by atoms with Crippen molar-refractivity contribution in [3.05, 3.63) is 52.4 Å². The maximum atomic E-state index is 10.7. The van der Waals surface area contributed by atoms with E-state index in [4.69, 9.17) is 26.3 Å². The molecule has 1 aromatic heterocycles. The fourth-order valence-corrected chi connectivity index (χ4v) is 8.99. The Morgan fingerprint density at radius 3 is 2.86 bits per heavy atom. The summed E-state index contributed by atoms with van der Waals surface area (Å²) in [5.74, 6) is 9.03. The number of ether oxygens (including phenoxy) is 1. The molecule has 9 heteroatoms. The average molecular weight is 583 g/mol. The van der Waals surface area contributed by atoms with Crippen LogP contribution in [0.25, 0.3) is 10.8 Å². The second-order valence-corrected chi connectivity index (χ2v) is 13.4. The molecule has 3 aromatic rings. The SMILES string of the molecule is Oc1cc(N2Cc3nc(C#CC45CCCN4CCC5)nc4c3C(C2)OCC2C3CCC(CN42)N3)c2c(Cl)cccc2c1. The minimum Gasteiger partial charge on any atom is -0.508 e. The molecule has 2 aromatic carbocycles. The highest BCUT2D eigenvalue weighted by atomic mass is 35.5. The van der Waals surface area contributed by atoms with Crippen molar-refractivity contribution in [2.75, 3.05) is 42.6 Å². The Labute approximate surface area is 251 Å². The fraction of sp³-hybridized carbons (Fsp3) is 0.515. The number of nitrogens with one attached hydrogen (secondary N) is 1. The minimum absolute atomic E-state index is 0.0149. The molecule has 8 nitrogen and oxygen atoms in total. The van der Waals surface area contributed by atoms with Crippen molar-refractivity contribution < 1.29 is 9.84 Å². The molecular weight excluding hydrogens is 548 g/mol. The van der Waals surface area contributed by atoms with Crippen LogP contribution in [0, 0.1) is 11.8 Å². The summed E-state index contributed by atoms with van der Waals surface area (Å²) in [6.45, 7) is 5.07. The highest BCUT2D eigenvalue weighted by Gasteiger charge is 2.46. The molecule has 2 N–H and O–H groups in total. The molecule has 2 bridgehead atoms.